The third-order valence-electron chi connectivity index (χ3n) is 8.51. The molecule has 6 heteroatoms. The zero-order chi connectivity index (χ0) is 23.7. The van der Waals surface area contributed by atoms with Crippen LogP contribution in [0.4, 0.5) is 4.39 Å². The number of aliphatic hydroxyl groups is 4. The van der Waals surface area contributed by atoms with Crippen molar-refractivity contribution in [2.24, 2.45) is 17.3 Å². The third-order valence-corrected chi connectivity index (χ3v) is 8.51. The summed E-state index contributed by atoms with van der Waals surface area (Å²) in [6, 6.07) is 0. The fourth-order valence-corrected chi connectivity index (χ4v) is 6.36. The van der Waals surface area contributed by atoms with Crippen molar-refractivity contribution < 1.29 is 29.6 Å². The number of fused-ring (bicyclic) bond motifs is 1. The average molecular weight is 455 g/mol. The van der Waals surface area contributed by atoms with E-state index in [1.807, 2.05) is 19.9 Å². The van der Waals surface area contributed by atoms with Crippen molar-refractivity contribution in [3.63, 3.8) is 0 Å². The Hall–Kier alpha value is -0.790. The first-order valence-corrected chi connectivity index (χ1v) is 12.3. The van der Waals surface area contributed by atoms with Gasteiger partial charge in [0.2, 0.25) is 0 Å². The quantitative estimate of drug-likeness (QED) is 0.469. The molecule has 0 aromatic rings. The molecular weight excluding hydrogens is 411 g/mol. The lowest BCUT2D eigenvalue weighted by Gasteiger charge is -2.44. The maximum Gasteiger partial charge on any atom is 0.145 e. The maximum absolute atomic E-state index is 13.2. The number of allylic oxidation sites excluding steroid dienone is 3. The van der Waals surface area contributed by atoms with Crippen molar-refractivity contribution in [1.29, 1.82) is 0 Å². The van der Waals surface area contributed by atoms with Gasteiger partial charge in [-0.25, -0.2) is 4.39 Å². The van der Waals surface area contributed by atoms with Crippen molar-refractivity contribution in [2.75, 3.05) is 13.3 Å². The Morgan fingerprint density at radius 3 is 2.44 bits per heavy atom. The Morgan fingerprint density at radius 1 is 1.19 bits per heavy atom. The minimum absolute atomic E-state index is 0.145. The molecule has 0 heterocycles. The van der Waals surface area contributed by atoms with E-state index in [-0.39, 0.29) is 24.4 Å². The molecule has 0 aromatic heterocycles. The number of ether oxygens (including phenoxy) is 1. The molecule has 0 bridgehead atoms. The maximum atomic E-state index is 13.2. The lowest BCUT2D eigenvalue weighted by Crippen LogP contribution is -2.57. The molecule has 3 rings (SSSR count). The first-order valence-electron chi connectivity index (χ1n) is 12.3. The van der Waals surface area contributed by atoms with Crippen LogP contribution in [0.5, 0.6) is 0 Å². The van der Waals surface area contributed by atoms with Gasteiger partial charge in [-0.3, -0.25) is 0 Å². The Labute approximate surface area is 192 Å². The molecule has 5 unspecified atom stereocenters. The van der Waals surface area contributed by atoms with Gasteiger partial charge in [0.15, 0.2) is 0 Å². The van der Waals surface area contributed by atoms with Crippen LogP contribution in [0.2, 0.25) is 0 Å². The van der Waals surface area contributed by atoms with Crippen molar-refractivity contribution in [2.45, 2.75) is 109 Å². The van der Waals surface area contributed by atoms with E-state index in [9.17, 15) is 24.8 Å². The van der Waals surface area contributed by atoms with Crippen molar-refractivity contribution >= 4 is 0 Å². The number of aliphatic hydroxyl groups excluding tert-OH is 2. The Bertz CT molecular complexity index is 697. The van der Waals surface area contributed by atoms with Crippen molar-refractivity contribution in [1.82, 2.24) is 0 Å². The Morgan fingerprint density at radius 2 is 1.84 bits per heavy atom. The van der Waals surface area contributed by atoms with E-state index in [2.05, 4.69) is 19.9 Å². The minimum atomic E-state index is -2.06. The van der Waals surface area contributed by atoms with Gasteiger partial charge < -0.3 is 25.2 Å². The van der Waals surface area contributed by atoms with Gasteiger partial charge >= 0.3 is 0 Å². The molecule has 32 heavy (non-hydrogen) atoms. The van der Waals surface area contributed by atoms with Crippen molar-refractivity contribution in [3.8, 4) is 0 Å². The molecule has 3 aliphatic carbocycles. The molecule has 3 fully saturated rings. The van der Waals surface area contributed by atoms with Crippen LogP contribution in [-0.4, -0.2) is 63.2 Å². The second-order valence-corrected chi connectivity index (χ2v) is 11.4. The van der Waals surface area contributed by atoms with Gasteiger partial charge in [-0.1, -0.05) is 30.2 Å². The van der Waals surface area contributed by atoms with Gasteiger partial charge in [0.1, 0.15) is 12.3 Å². The summed E-state index contributed by atoms with van der Waals surface area (Å²) in [5.74, 6) is 0.961. The molecule has 5 nitrogen and oxygen atoms in total. The van der Waals surface area contributed by atoms with Crippen LogP contribution in [0.1, 0.15) is 79.1 Å². The lowest BCUT2D eigenvalue weighted by atomic mass is 9.62. The topological polar surface area (TPSA) is 90.2 Å². The van der Waals surface area contributed by atoms with Gasteiger partial charge in [-0.05, 0) is 89.4 Å². The molecule has 4 N–H and O–H groups in total. The molecule has 0 aromatic carbocycles. The van der Waals surface area contributed by atoms with Crippen molar-refractivity contribution in [3.05, 3.63) is 23.3 Å². The van der Waals surface area contributed by atoms with Crippen LogP contribution in [0.3, 0.4) is 0 Å². The standard InChI is InChI=1S/C26H43FO5/c1-17(32-13-12-24(2,3)30)20-9-10-21-19(6-5-11-25(20,21)4)8-7-18-14-22(28)26(31,16-27)23(29)15-18/h7-8,17,20-23,28-31H,5-6,9-16H2,1-4H3/b18-7?,19-8+/t17-,20?,21?,22-,23?,25?,26?/m1/s1. The number of hydrogen-bond acceptors (Lipinski definition) is 5. The highest BCUT2D eigenvalue weighted by atomic mass is 19.1. The van der Waals surface area contributed by atoms with E-state index in [1.165, 1.54) is 12.0 Å². The highest BCUT2D eigenvalue weighted by molar-refractivity contribution is 5.27. The minimum Gasteiger partial charge on any atom is -0.390 e. The van der Waals surface area contributed by atoms with E-state index in [0.717, 1.165) is 31.3 Å². The zero-order valence-electron chi connectivity index (χ0n) is 20.2. The molecule has 184 valence electrons. The van der Waals surface area contributed by atoms with Gasteiger partial charge in [0, 0.05) is 6.61 Å². The predicted octanol–water partition coefficient (Wildman–Crippen LogP) is 3.84. The number of hydrogen-bond donors (Lipinski definition) is 4. The van der Waals surface area contributed by atoms with Crippen LogP contribution < -0.4 is 0 Å². The number of alkyl halides is 1. The first kappa shape index (κ1) is 25.8. The second kappa shape index (κ2) is 9.83. The van der Waals surface area contributed by atoms with Crippen LogP contribution in [0.25, 0.3) is 0 Å². The van der Waals surface area contributed by atoms with E-state index < -0.39 is 30.1 Å². The number of halogens is 1. The molecule has 3 aliphatic rings. The summed E-state index contributed by atoms with van der Waals surface area (Å²) < 4.78 is 19.3. The van der Waals surface area contributed by atoms with Crippen LogP contribution in [-0.2, 0) is 4.74 Å². The monoisotopic (exact) mass is 454 g/mol. The van der Waals surface area contributed by atoms with Crippen LogP contribution in [0.15, 0.2) is 23.3 Å². The Balaban J connectivity index is 1.68. The molecular formula is C26H43FO5. The van der Waals surface area contributed by atoms with Crippen LogP contribution in [0, 0.1) is 17.3 Å². The fraction of sp³-hybridized carbons (Fsp3) is 0.846. The Kier molecular flexibility index (Phi) is 7.93. The summed E-state index contributed by atoms with van der Waals surface area (Å²) in [7, 11) is 0. The van der Waals surface area contributed by atoms with Gasteiger partial charge in [0.05, 0.1) is 23.9 Å². The summed E-state index contributed by atoms with van der Waals surface area (Å²) in [6.45, 7) is 7.58. The first-order chi connectivity index (χ1) is 14.9. The fourth-order valence-electron chi connectivity index (χ4n) is 6.36. The lowest BCUT2D eigenvalue weighted by molar-refractivity contribution is -0.165. The molecule has 0 radical (unpaired) electrons. The number of rotatable bonds is 7. The second-order valence-electron chi connectivity index (χ2n) is 11.4. The summed E-state index contributed by atoms with van der Waals surface area (Å²) in [5.41, 5.74) is -0.338. The largest absolute Gasteiger partial charge is 0.390 e. The van der Waals surface area contributed by atoms with E-state index >= 15 is 0 Å². The summed E-state index contributed by atoms with van der Waals surface area (Å²) in [6.07, 6.45) is 8.26. The molecule has 0 spiro atoms. The molecule has 3 saturated carbocycles. The molecule has 7 atom stereocenters. The van der Waals surface area contributed by atoms with Gasteiger partial charge in [0.25, 0.3) is 0 Å². The van der Waals surface area contributed by atoms with Gasteiger partial charge in [-0.2, -0.15) is 0 Å². The predicted molar refractivity (Wildman–Crippen MR) is 123 cm³/mol. The van der Waals surface area contributed by atoms with E-state index in [4.69, 9.17) is 4.74 Å². The molecule has 0 saturated heterocycles. The van der Waals surface area contributed by atoms with E-state index in [1.54, 1.807) is 0 Å². The van der Waals surface area contributed by atoms with E-state index in [0.29, 0.717) is 24.9 Å². The highest BCUT2D eigenvalue weighted by Crippen LogP contribution is 2.58. The smallest absolute Gasteiger partial charge is 0.145 e. The summed E-state index contributed by atoms with van der Waals surface area (Å²) in [4.78, 5) is 0. The zero-order valence-corrected chi connectivity index (χ0v) is 20.2. The average Bonchev–Trinajstić information content (AvgIpc) is 3.06. The summed E-state index contributed by atoms with van der Waals surface area (Å²) >= 11 is 0. The van der Waals surface area contributed by atoms with Crippen LogP contribution >= 0.6 is 0 Å². The SMILES string of the molecule is C[C@@H](OCCC(C)(C)O)C1CCC2/C(=C/C=C3CC(O)C(O)(CF)[C@H](O)C3)CCCC21C. The molecule has 0 amide bonds. The molecule has 0 aliphatic heterocycles. The summed E-state index contributed by atoms with van der Waals surface area (Å²) in [5, 5.41) is 40.5. The third kappa shape index (κ3) is 5.30. The van der Waals surface area contributed by atoms with Gasteiger partial charge in [-0.15, -0.1) is 0 Å². The normalized spacial score (nSPS) is 41.8. The highest BCUT2D eigenvalue weighted by Gasteiger charge is 2.51.